The predicted octanol–water partition coefficient (Wildman–Crippen LogP) is 8.11. The largest absolute Gasteiger partial charge is 0.501 e. The Morgan fingerprint density at radius 3 is 1.33 bits per heavy atom. The number of hydrogen-bond donors (Lipinski definition) is 3. The lowest BCUT2D eigenvalue weighted by Crippen LogP contribution is -2.56. The summed E-state index contributed by atoms with van der Waals surface area (Å²) in [7, 11) is 1.27. The fourth-order valence-corrected chi connectivity index (χ4v) is 7.40. The van der Waals surface area contributed by atoms with E-state index in [0.29, 0.717) is 28.2 Å². The molecule has 0 bridgehead atoms. The van der Waals surface area contributed by atoms with Crippen molar-refractivity contribution < 1.29 is 57.1 Å². The van der Waals surface area contributed by atoms with Crippen LogP contribution in [0.3, 0.4) is 0 Å². The molecule has 2 aliphatic heterocycles. The number of hydrogen-bond acceptors (Lipinski definition) is 15. The van der Waals surface area contributed by atoms with Crippen molar-refractivity contribution in [1.29, 1.82) is 0 Å². The van der Waals surface area contributed by atoms with Crippen molar-refractivity contribution in [3.63, 3.8) is 0 Å². The third-order valence-electron chi connectivity index (χ3n) is 13.1. The van der Waals surface area contributed by atoms with Crippen LogP contribution >= 0.6 is 11.6 Å². The Kier molecular flexibility index (Phi) is 18.9. The SMILES string of the molecule is CC1(C)OB(c2ccc(C(=O)Cl)cc2[N+](=O)[O-])OC1(C)C.COc1cccc(C(=O)NN(C(=O)c2ccc(B3OC(C)(C)C(C)(C)O3)c([N+](=O)[O-])c2)C(C)(C)C)c1C.COc1cccc(C(=O)NNC(C)(C)C)c1C. The normalized spacial score (nSPS) is 16.0. The van der Waals surface area contributed by atoms with Gasteiger partial charge in [0.25, 0.3) is 34.3 Å². The molecule has 0 unspecified atom stereocenters. The van der Waals surface area contributed by atoms with E-state index >= 15 is 0 Å². The van der Waals surface area contributed by atoms with Crippen LogP contribution in [-0.2, 0) is 18.6 Å². The highest BCUT2D eigenvalue weighted by Crippen LogP contribution is 2.39. The summed E-state index contributed by atoms with van der Waals surface area (Å²) in [6, 6.07) is 18.6. The van der Waals surface area contributed by atoms with E-state index in [0.717, 1.165) is 11.6 Å². The van der Waals surface area contributed by atoms with Crippen LogP contribution in [0.1, 0.15) is 149 Å². The molecule has 0 saturated carbocycles. The highest BCUT2D eigenvalue weighted by molar-refractivity contribution is 6.68. The molecule has 2 aliphatic rings. The maximum Gasteiger partial charge on any atom is 0.501 e. The summed E-state index contributed by atoms with van der Waals surface area (Å²) in [5.41, 5.74) is 7.11. The lowest BCUT2D eigenvalue weighted by molar-refractivity contribution is -0.383. The molecule has 3 N–H and O–H groups in total. The number of ether oxygens (including phenoxy) is 2. The Hall–Kier alpha value is -6.42. The molecular formula is C52H69B2ClN6O14. The fourth-order valence-electron chi connectivity index (χ4n) is 7.29. The third kappa shape index (κ3) is 14.5. The quantitative estimate of drug-likeness (QED) is 0.0555. The monoisotopic (exact) mass is 1060 g/mol. The first kappa shape index (κ1) is 61.1. The molecular weight excluding hydrogens is 990 g/mol. The zero-order valence-electron chi connectivity index (χ0n) is 46.0. The molecule has 0 aromatic heterocycles. The minimum atomic E-state index is -0.969. The zero-order chi connectivity index (χ0) is 57.0. The van der Waals surface area contributed by atoms with Crippen molar-refractivity contribution in [3.05, 3.63) is 126 Å². The van der Waals surface area contributed by atoms with Crippen molar-refractivity contribution in [2.75, 3.05) is 14.2 Å². The van der Waals surface area contributed by atoms with Crippen molar-refractivity contribution in [2.45, 2.75) is 144 Å². The lowest BCUT2D eigenvalue weighted by Gasteiger charge is -2.35. The summed E-state index contributed by atoms with van der Waals surface area (Å²) in [4.78, 5) is 71.9. The molecule has 2 fully saturated rings. The van der Waals surface area contributed by atoms with Gasteiger partial charge in [0.1, 0.15) is 11.5 Å². The van der Waals surface area contributed by atoms with Crippen molar-refractivity contribution in [1.82, 2.24) is 21.3 Å². The van der Waals surface area contributed by atoms with Crippen LogP contribution in [0.4, 0.5) is 11.4 Å². The molecule has 20 nitrogen and oxygen atoms in total. The van der Waals surface area contributed by atoms with Gasteiger partial charge in [0.2, 0.25) is 0 Å². The molecule has 75 heavy (non-hydrogen) atoms. The van der Waals surface area contributed by atoms with Gasteiger partial charge in [0.15, 0.2) is 0 Å². The second-order valence-electron chi connectivity index (χ2n) is 21.9. The van der Waals surface area contributed by atoms with Gasteiger partial charge in [-0.05, 0) is 159 Å². The van der Waals surface area contributed by atoms with Gasteiger partial charge in [-0.2, -0.15) is 0 Å². The number of methoxy groups -OCH3 is 2. The maximum absolute atomic E-state index is 13.6. The summed E-state index contributed by atoms with van der Waals surface area (Å²) in [5, 5.41) is 23.6. The second-order valence-corrected chi connectivity index (χ2v) is 22.2. The van der Waals surface area contributed by atoms with Crippen LogP contribution in [0.5, 0.6) is 11.5 Å². The topological polar surface area (TPSA) is 249 Å². The fraction of sp³-hybridized carbons (Fsp3) is 0.462. The summed E-state index contributed by atoms with van der Waals surface area (Å²) >= 11 is 5.36. The van der Waals surface area contributed by atoms with Crippen LogP contribution in [0.25, 0.3) is 0 Å². The number of halogens is 1. The standard InChI is InChI=1S/C26H34BN3O7.C13H15BClNO5.C13H20N2O2/c1-16-18(11-10-12-21(16)35-9)22(31)28-29(24(2,3)4)23(32)17-13-14-19(20(15-17)30(33)34)27-36-25(5,6)26(7,8)37-27;1-12(2)13(3,4)21-14(20-12)9-6-5-8(11(15)17)7-10(9)16(18)19;1-9-10(7-6-8-11(9)17-5)12(16)14-15-13(2,3)4/h10-15H,1-9H3,(H,28,31);5-7H,1-4H3;6-8,15H,1-5H3,(H,14,16). The highest BCUT2D eigenvalue weighted by atomic mass is 35.5. The van der Waals surface area contributed by atoms with Crippen LogP contribution in [0.2, 0.25) is 0 Å². The summed E-state index contributed by atoms with van der Waals surface area (Å²) in [6.07, 6.45) is 0. The van der Waals surface area contributed by atoms with Crippen LogP contribution in [-0.4, -0.2) is 99.8 Å². The first-order valence-electron chi connectivity index (χ1n) is 23.9. The van der Waals surface area contributed by atoms with Crippen molar-refractivity contribution in [2.24, 2.45) is 0 Å². The number of rotatable bonds is 11. The Balaban J connectivity index is 0.000000269. The molecule has 0 radical (unpaired) electrons. The number of nitrogens with zero attached hydrogens (tertiary/aromatic N) is 3. The molecule has 23 heteroatoms. The average Bonchev–Trinajstić information content (AvgIpc) is 3.67. The number of nitro benzene ring substituents is 2. The summed E-state index contributed by atoms with van der Waals surface area (Å²) < 4.78 is 34.0. The number of nitro groups is 2. The van der Waals surface area contributed by atoms with Crippen molar-refractivity contribution in [3.8, 4) is 11.5 Å². The molecule has 6 rings (SSSR count). The third-order valence-corrected chi connectivity index (χ3v) is 13.3. The molecule has 2 heterocycles. The smallest absolute Gasteiger partial charge is 0.496 e. The molecule has 4 aromatic carbocycles. The van der Waals surface area contributed by atoms with E-state index in [2.05, 4.69) is 16.3 Å². The second kappa shape index (κ2) is 23.2. The van der Waals surface area contributed by atoms with Crippen LogP contribution in [0.15, 0.2) is 72.8 Å². The van der Waals surface area contributed by atoms with E-state index in [1.807, 2.05) is 89.2 Å². The lowest BCUT2D eigenvalue weighted by atomic mass is 9.77. The summed E-state index contributed by atoms with van der Waals surface area (Å²) in [5.74, 6) is -0.0204. The minimum absolute atomic E-state index is 0.0320. The van der Waals surface area contributed by atoms with Crippen LogP contribution in [0, 0.1) is 34.1 Å². The van der Waals surface area contributed by atoms with E-state index in [1.165, 1.54) is 42.5 Å². The minimum Gasteiger partial charge on any atom is -0.496 e. The number of nitrogens with one attached hydrogen (secondary N) is 3. The molecule has 2 saturated heterocycles. The molecule has 4 aromatic rings. The van der Waals surface area contributed by atoms with Gasteiger partial charge >= 0.3 is 14.2 Å². The molecule has 3 amide bonds. The Morgan fingerprint density at radius 2 is 0.987 bits per heavy atom. The van der Waals surface area contributed by atoms with Crippen LogP contribution < -0.4 is 36.7 Å². The molecule has 0 aliphatic carbocycles. The van der Waals surface area contributed by atoms with E-state index < -0.39 is 69.1 Å². The molecule has 404 valence electrons. The Bertz CT molecular complexity index is 2800. The average molecular weight is 1060 g/mol. The Labute approximate surface area is 444 Å². The van der Waals surface area contributed by atoms with Gasteiger partial charge in [-0.1, -0.05) is 24.3 Å². The van der Waals surface area contributed by atoms with Gasteiger partial charge in [-0.25, -0.2) is 10.4 Å². The Morgan fingerprint density at radius 1 is 0.613 bits per heavy atom. The van der Waals surface area contributed by atoms with E-state index in [-0.39, 0.29) is 44.9 Å². The number of amides is 3. The zero-order valence-corrected chi connectivity index (χ0v) is 46.8. The number of carbonyl (C=O) groups excluding carboxylic acids is 4. The van der Waals surface area contributed by atoms with Gasteiger partial charge < -0.3 is 28.1 Å². The van der Waals surface area contributed by atoms with Crippen molar-refractivity contribution >= 4 is 71.1 Å². The summed E-state index contributed by atoms with van der Waals surface area (Å²) in [6.45, 7) is 29.6. The number of benzene rings is 4. The van der Waals surface area contributed by atoms with E-state index in [4.69, 9.17) is 39.7 Å². The van der Waals surface area contributed by atoms with Gasteiger partial charge in [-0.3, -0.25) is 50.3 Å². The first-order valence-corrected chi connectivity index (χ1v) is 24.3. The number of hydrazine groups is 2. The van der Waals surface area contributed by atoms with Gasteiger partial charge in [-0.15, -0.1) is 0 Å². The number of carbonyl (C=O) groups is 4. The highest BCUT2D eigenvalue weighted by Gasteiger charge is 2.54. The molecule has 0 spiro atoms. The maximum atomic E-state index is 13.6. The first-order chi connectivity index (χ1) is 34.4. The predicted molar refractivity (Wildman–Crippen MR) is 287 cm³/mol. The molecule has 0 atom stereocenters. The van der Waals surface area contributed by atoms with Gasteiger partial charge in [0, 0.05) is 51.1 Å². The van der Waals surface area contributed by atoms with Gasteiger partial charge in [0.05, 0.1) is 62.9 Å². The van der Waals surface area contributed by atoms with E-state index in [1.54, 1.807) is 65.1 Å². The van der Waals surface area contributed by atoms with E-state index in [9.17, 15) is 39.4 Å².